The zero-order chi connectivity index (χ0) is 6.10. The van der Waals surface area contributed by atoms with E-state index in [-0.39, 0.29) is 0 Å². The van der Waals surface area contributed by atoms with Crippen LogP contribution in [0.2, 0.25) is 0 Å². The van der Waals surface area contributed by atoms with Crippen LogP contribution in [-0.4, -0.2) is 23.2 Å². The van der Waals surface area contributed by atoms with E-state index in [4.69, 9.17) is 0 Å². The summed E-state index contributed by atoms with van der Waals surface area (Å²) in [5.74, 6) is 0. The van der Waals surface area contributed by atoms with Gasteiger partial charge < -0.3 is 0 Å². The van der Waals surface area contributed by atoms with Crippen molar-refractivity contribution in [3.8, 4) is 0 Å². The largest absolute Gasteiger partial charge is 0.276 e. The van der Waals surface area contributed by atoms with Gasteiger partial charge in [0.25, 0.3) is 0 Å². The van der Waals surface area contributed by atoms with Gasteiger partial charge in [0.1, 0.15) is 11.4 Å². The summed E-state index contributed by atoms with van der Waals surface area (Å²) in [5, 5.41) is 0.343. The lowest BCUT2D eigenvalue weighted by Gasteiger charge is -2.10. The lowest BCUT2D eigenvalue weighted by molar-refractivity contribution is 0.792. The zero-order valence-corrected chi connectivity index (χ0v) is 5.58. The van der Waals surface area contributed by atoms with Gasteiger partial charge in [0.2, 0.25) is 0 Å². The van der Waals surface area contributed by atoms with Crippen LogP contribution in [0.15, 0.2) is 22.1 Å². The molecule has 9 heavy (non-hydrogen) atoms. The van der Waals surface area contributed by atoms with Gasteiger partial charge in [0.15, 0.2) is 0 Å². The molecule has 0 aliphatic carbocycles. The maximum Gasteiger partial charge on any atom is 0.126 e. The fourth-order valence-electron chi connectivity index (χ4n) is 0.888. The predicted octanol–water partition coefficient (Wildman–Crippen LogP) is 1.10. The van der Waals surface area contributed by atoms with Gasteiger partial charge in [-0.15, -0.1) is 0 Å². The van der Waals surface area contributed by atoms with Gasteiger partial charge in [0, 0.05) is 6.21 Å². The summed E-state index contributed by atoms with van der Waals surface area (Å²) in [6.07, 6.45) is 5.86. The summed E-state index contributed by atoms with van der Waals surface area (Å²) < 4.78 is 0. The first-order valence-corrected chi connectivity index (χ1v) is 3.78. The molecule has 0 saturated heterocycles. The third-order valence-corrected chi connectivity index (χ3v) is 2.28. The van der Waals surface area contributed by atoms with E-state index >= 15 is 0 Å². The van der Waals surface area contributed by atoms with Gasteiger partial charge in [-0.1, -0.05) is 17.8 Å². The maximum atomic E-state index is 4.22. The van der Waals surface area contributed by atoms with Crippen LogP contribution in [0.4, 0.5) is 0 Å². The second-order valence-corrected chi connectivity index (χ2v) is 2.92. The molecule has 2 aliphatic heterocycles. The van der Waals surface area contributed by atoms with Crippen LogP contribution < -0.4 is 0 Å². The highest BCUT2D eigenvalue weighted by Crippen LogP contribution is 2.25. The van der Waals surface area contributed by atoms with Gasteiger partial charge in [-0.25, -0.2) is 0 Å². The van der Waals surface area contributed by atoms with Gasteiger partial charge in [-0.05, 0) is 6.08 Å². The van der Waals surface area contributed by atoms with Crippen LogP contribution in [0, 0.1) is 0 Å². The Balaban J connectivity index is 2.25. The number of nitrogens with zero attached hydrogens (tertiary/aromatic N) is 2. The molecule has 0 amide bonds. The molecule has 0 radical (unpaired) electrons. The predicted molar refractivity (Wildman–Crippen MR) is 41.3 cm³/mol. The van der Waals surface area contributed by atoms with E-state index in [0.29, 0.717) is 11.4 Å². The van der Waals surface area contributed by atoms with Gasteiger partial charge in [-0.3, -0.25) is 9.98 Å². The van der Waals surface area contributed by atoms with Crippen LogP contribution in [0.5, 0.6) is 0 Å². The molecule has 2 atom stereocenters. The van der Waals surface area contributed by atoms with Crippen molar-refractivity contribution < 1.29 is 0 Å². The molecular formula is C6H6N2S. The highest BCUT2D eigenvalue weighted by Gasteiger charge is 2.22. The van der Waals surface area contributed by atoms with Gasteiger partial charge in [-0.2, -0.15) is 0 Å². The fourth-order valence-corrected chi connectivity index (χ4v) is 1.69. The number of fused-ring (bicyclic) bond motifs is 1. The average Bonchev–Trinajstić information content (AvgIpc) is 2.33. The number of hydrogen-bond donors (Lipinski definition) is 0. The SMILES string of the molecule is C1=CC2N=CSC2N=C1. The fraction of sp³-hybridized carbons (Fsp3) is 0.333. The monoisotopic (exact) mass is 138 g/mol. The highest BCUT2D eigenvalue weighted by molar-refractivity contribution is 8.12. The van der Waals surface area contributed by atoms with Crippen molar-refractivity contribution in [2.24, 2.45) is 9.98 Å². The summed E-state index contributed by atoms with van der Waals surface area (Å²) in [7, 11) is 0. The maximum absolute atomic E-state index is 4.22. The van der Waals surface area contributed by atoms with E-state index in [1.54, 1.807) is 11.8 Å². The van der Waals surface area contributed by atoms with Crippen molar-refractivity contribution >= 4 is 23.5 Å². The van der Waals surface area contributed by atoms with E-state index < -0.39 is 0 Å². The van der Waals surface area contributed by atoms with Crippen LogP contribution >= 0.6 is 11.8 Å². The quantitative estimate of drug-likeness (QED) is 0.492. The minimum atomic E-state index is 0.319. The van der Waals surface area contributed by atoms with Crippen molar-refractivity contribution in [2.75, 3.05) is 0 Å². The van der Waals surface area contributed by atoms with E-state index in [2.05, 4.69) is 16.1 Å². The van der Waals surface area contributed by atoms with E-state index in [1.807, 2.05) is 17.8 Å². The third kappa shape index (κ3) is 0.812. The molecule has 0 spiro atoms. The second-order valence-electron chi connectivity index (χ2n) is 1.95. The average molecular weight is 138 g/mol. The van der Waals surface area contributed by atoms with E-state index in [9.17, 15) is 0 Å². The topological polar surface area (TPSA) is 24.7 Å². The molecule has 0 saturated carbocycles. The molecule has 2 nitrogen and oxygen atoms in total. The zero-order valence-electron chi connectivity index (χ0n) is 4.77. The molecule has 2 rings (SSSR count). The van der Waals surface area contributed by atoms with Crippen molar-refractivity contribution in [1.29, 1.82) is 0 Å². The first kappa shape index (κ1) is 5.23. The van der Waals surface area contributed by atoms with Crippen molar-refractivity contribution in [2.45, 2.75) is 11.4 Å². The number of aliphatic imine (C=N–C) groups is 2. The molecule has 0 bridgehead atoms. The molecule has 0 aromatic rings. The molecule has 2 aliphatic rings. The van der Waals surface area contributed by atoms with Crippen LogP contribution in [0.1, 0.15) is 0 Å². The first-order chi connectivity index (χ1) is 4.47. The Bertz CT molecular complexity index is 195. The van der Waals surface area contributed by atoms with Crippen molar-refractivity contribution in [3.05, 3.63) is 12.2 Å². The molecule has 2 unspecified atom stereocenters. The molecule has 0 aromatic carbocycles. The standard InChI is InChI=1S/C6H6N2S/c1-2-5-6(7-3-1)9-4-8-5/h1-6H. The Morgan fingerprint density at radius 1 is 1.33 bits per heavy atom. The lowest BCUT2D eigenvalue weighted by atomic mass is 10.2. The van der Waals surface area contributed by atoms with E-state index in [1.165, 1.54) is 0 Å². The Hall–Kier alpha value is -0.570. The molecule has 46 valence electrons. The van der Waals surface area contributed by atoms with E-state index in [0.717, 1.165) is 0 Å². The third-order valence-electron chi connectivity index (χ3n) is 1.35. The van der Waals surface area contributed by atoms with Crippen molar-refractivity contribution in [1.82, 2.24) is 0 Å². The van der Waals surface area contributed by atoms with Crippen LogP contribution in [0.25, 0.3) is 0 Å². The Morgan fingerprint density at radius 2 is 2.33 bits per heavy atom. The summed E-state index contributed by atoms with van der Waals surface area (Å²) in [6.45, 7) is 0. The van der Waals surface area contributed by atoms with Crippen molar-refractivity contribution in [3.63, 3.8) is 0 Å². The molecule has 3 heteroatoms. The highest BCUT2D eigenvalue weighted by atomic mass is 32.2. The summed E-state index contributed by atoms with van der Waals surface area (Å²) in [4.78, 5) is 8.41. The Kier molecular flexibility index (Phi) is 1.16. The summed E-state index contributed by atoms with van der Waals surface area (Å²) in [5.41, 5.74) is 1.88. The Labute approximate surface area is 57.8 Å². The van der Waals surface area contributed by atoms with Gasteiger partial charge >= 0.3 is 0 Å². The number of dihydropyridines is 1. The second kappa shape index (κ2) is 1.99. The number of hydrogen-bond acceptors (Lipinski definition) is 3. The van der Waals surface area contributed by atoms with Crippen LogP contribution in [-0.2, 0) is 0 Å². The molecular weight excluding hydrogens is 132 g/mol. The molecule has 0 aromatic heterocycles. The lowest BCUT2D eigenvalue weighted by Crippen LogP contribution is -2.14. The number of thioether (sulfide) groups is 1. The Morgan fingerprint density at radius 3 is 3.22 bits per heavy atom. The normalized spacial score (nSPS) is 37.3. The summed E-state index contributed by atoms with van der Waals surface area (Å²) >= 11 is 1.69. The molecule has 0 fully saturated rings. The molecule has 2 heterocycles. The molecule has 0 N–H and O–H groups in total. The first-order valence-electron chi connectivity index (χ1n) is 2.84. The minimum absolute atomic E-state index is 0.319. The van der Waals surface area contributed by atoms with Gasteiger partial charge in [0.05, 0.1) is 5.55 Å². The van der Waals surface area contributed by atoms with Crippen LogP contribution in [0.3, 0.4) is 0 Å². The smallest absolute Gasteiger partial charge is 0.126 e. The summed E-state index contributed by atoms with van der Waals surface area (Å²) in [6, 6.07) is 0.319. The number of allylic oxidation sites excluding steroid dienone is 1. The minimum Gasteiger partial charge on any atom is -0.276 e. The number of rotatable bonds is 0.